The normalized spacial score (nSPS) is 11.2. The summed E-state index contributed by atoms with van der Waals surface area (Å²) < 4.78 is 6.34. The first kappa shape index (κ1) is 21.2. The Hall–Kier alpha value is -4.65. The van der Waals surface area contributed by atoms with Gasteiger partial charge < -0.3 is 19.5 Å². The van der Waals surface area contributed by atoms with E-state index in [9.17, 15) is 24.6 Å². The van der Waals surface area contributed by atoms with Crippen molar-refractivity contribution < 1.29 is 24.2 Å². The number of aromatic carboxylic acids is 2. The molecule has 0 unspecified atom stereocenters. The predicted octanol–water partition coefficient (Wildman–Crippen LogP) is 5.23. The molecule has 1 aromatic heterocycles. The molecule has 0 saturated carbocycles. The first-order valence-corrected chi connectivity index (χ1v) is 10.5. The van der Waals surface area contributed by atoms with Gasteiger partial charge in [0.2, 0.25) is 0 Å². The van der Waals surface area contributed by atoms with Crippen LogP contribution >= 0.6 is 0 Å². The monoisotopic (exact) mass is 453 g/mol. The van der Waals surface area contributed by atoms with E-state index in [-0.39, 0.29) is 16.6 Å². The van der Waals surface area contributed by atoms with Crippen LogP contribution in [0.15, 0.2) is 75.9 Å². The Balaban J connectivity index is 1.99. The standard InChI is InChI=1S/C27H19NO6/c1-28(2)16-5-9-20-23(13-16)34-25-18-10-6-17(29)11-14(18)3-8-21(25)24(20)19-7-4-15(26(30)31)12-22(19)27(32)33/h3-13H,1-2H3,(H,30,31)(H,32,33). The summed E-state index contributed by atoms with van der Waals surface area (Å²) in [6.45, 7) is 0. The number of carboxylic acid groups (broad SMARTS) is 2. The molecule has 0 atom stereocenters. The minimum atomic E-state index is -1.23. The first-order chi connectivity index (χ1) is 16.2. The molecule has 2 N–H and O–H groups in total. The number of carbonyl (C=O) groups is 2. The number of hydrogen-bond acceptors (Lipinski definition) is 5. The summed E-state index contributed by atoms with van der Waals surface area (Å²) in [7, 11) is 3.81. The summed E-state index contributed by atoms with van der Waals surface area (Å²) in [5.41, 5.74) is 2.56. The summed E-state index contributed by atoms with van der Waals surface area (Å²) in [6.07, 6.45) is 0. The zero-order chi connectivity index (χ0) is 24.1. The van der Waals surface area contributed by atoms with Gasteiger partial charge in [-0.25, -0.2) is 9.59 Å². The molecule has 5 rings (SSSR count). The van der Waals surface area contributed by atoms with E-state index in [4.69, 9.17) is 4.42 Å². The maximum Gasteiger partial charge on any atom is 0.336 e. The molecule has 0 spiro atoms. The third kappa shape index (κ3) is 3.34. The lowest BCUT2D eigenvalue weighted by atomic mass is 9.91. The van der Waals surface area contributed by atoms with Crippen molar-refractivity contribution in [1.29, 1.82) is 0 Å². The van der Waals surface area contributed by atoms with Crippen LogP contribution in [0, 0.1) is 0 Å². The Labute approximate surface area is 193 Å². The number of nitrogens with zero attached hydrogens (tertiary/aromatic N) is 1. The Morgan fingerprint density at radius 2 is 1.53 bits per heavy atom. The van der Waals surface area contributed by atoms with Crippen molar-refractivity contribution in [2.75, 3.05) is 19.0 Å². The van der Waals surface area contributed by atoms with Gasteiger partial charge in [-0.15, -0.1) is 0 Å². The van der Waals surface area contributed by atoms with Gasteiger partial charge in [0.05, 0.1) is 11.1 Å². The predicted molar refractivity (Wildman–Crippen MR) is 131 cm³/mol. The minimum Gasteiger partial charge on any atom is -0.478 e. The van der Waals surface area contributed by atoms with E-state index in [0.29, 0.717) is 38.5 Å². The van der Waals surface area contributed by atoms with E-state index in [1.807, 2.05) is 37.2 Å². The highest BCUT2D eigenvalue weighted by Gasteiger charge is 2.21. The van der Waals surface area contributed by atoms with E-state index in [0.717, 1.165) is 11.1 Å². The van der Waals surface area contributed by atoms with Gasteiger partial charge in [-0.1, -0.05) is 12.1 Å². The number of carboxylic acids is 2. The van der Waals surface area contributed by atoms with E-state index in [2.05, 4.69) is 0 Å². The van der Waals surface area contributed by atoms with Crippen molar-refractivity contribution in [2.45, 2.75) is 0 Å². The lowest BCUT2D eigenvalue weighted by molar-refractivity contribution is 0.0696. The molecule has 0 radical (unpaired) electrons. The van der Waals surface area contributed by atoms with Crippen LogP contribution in [0.1, 0.15) is 20.7 Å². The minimum absolute atomic E-state index is 0.112. The Morgan fingerprint density at radius 1 is 0.794 bits per heavy atom. The van der Waals surface area contributed by atoms with Gasteiger partial charge in [-0.3, -0.25) is 4.79 Å². The Bertz CT molecular complexity index is 1710. The van der Waals surface area contributed by atoms with Crippen LogP contribution in [0.5, 0.6) is 0 Å². The van der Waals surface area contributed by atoms with Gasteiger partial charge >= 0.3 is 11.9 Å². The first-order valence-electron chi connectivity index (χ1n) is 10.5. The van der Waals surface area contributed by atoms with Gasteiger partial charge in [-0.2, -0.15) is 0 Å². The van der Waals surface area contributed by atoms with Crippen LogP contribution in [0.4, 0.5) is 5.69 Å². The molecule has 0 aliphatic heterocycles. The zero-order valence-electron chi connectivity index (χ0n) is 18.3. The quantitative estimate of drug-likeness (QED) is 0.283. The van der Waals surface area contributed by atoms with Crippen LogP contribution in [0.3, 0.4) is 0 Å². The van der Waals surface area contributed by atoms with Crippen LogP contribution in [0.2, 0.25) is 0 Å². The molecule has 4 aromatic carbocycles. The molecule has 1 heterocycles. The van der Waals surface area contributed by atoms with E-state index in [1.54, 1.807) is 18.2 Å². The van der Waals surface area contributed by atoms with Crippen molar-refractivity contribution in [1.82, 2.24) is 0 Å². The molecule has 5 aromatic rings. The molecule has 0 fully saturated rings. The number of fused-ring (bicyclic) bond motifs is 4. The van der Waals surface area contributed by atoms with Gasteiger partial charge in [0.1, 0.15) is 11.2 Å². The average molecular weight is 453 g/mol. The molecule has 7 nitrogen and oxygen atoms in total. The third-order valence-electron chi connectivity index (χ3n) is 5.94. The van der Waals surface area contributed by atoms with Crippen molar-refractivity contribution in [3.05, 3.63) is 88.1 Å². The maximum absolute atomic E-state index is 12.2. The number of benzene rings is 4. The molecule has 168 valence electrons. The molecule has 0 aliphatic rings. The molecule has 7 heteroatoms. The fourth-order valence-corrected chi connectivity index (χ4v) is 4.28. The lowest BCUT2D eigenvalue weighted by Crippen LogP contribution is -2.08. The number of hydrogen-bond donors (Lipinski definition) is 2. The summed E-state index contributed by atoms with van der Waals surface area (Å²) in [5.74, 6) is -2.44. The lowest BCUT2D eigenvalue weighted by Gasteiger charge is -2.17. The fourth-order valence-electron chi connectivity index (χ4n) is 4.28. The highest BCUT2D eigenvalue weighted by atomic mass is 16.4. The molecule has 0 aliphatic carbocycles. The van der Waals surface area contributed by atoms with Gasteiger partial charge in [0.15, 0.2) is 5.43 Å². The van der Waals surface area contributed by atoms with Crippen molar-refractivity contribution >= 4 is 50.3 Å². The van der Waals surface area contributed by atoms with Gasteiger partial charge in [0, 0.05) is 47.6 Å². The Morgan fingerprint density at radius 3 is 2.24 bits per heavy atom. The second-order valence-electron chi connectivity index (χ2n) is 8.25. The summed E-state index contributed by atoms with van der Waals surface area (Å²) in [4.78, 5) is 37.5. The van der Waals surface area contributed by atoms with Crippen molar-refractivity contribution in [2.24, 2.45) is 0 Å². The molecule has 0 amide bonds. The molecule has 0 saturated heterocycles. The van der Waals surface area contributed by atoms with E-state index in [1.165, 1.54) is 30.3 Å². The van der Waals surface area contributed by atoms with Crippen LogP contribution in [-0.2, 0) is 0 Å². The SMILES string of the molecule is CN(C)c1ccc2c(-c3ccc(C(=O)O)cc3C(=O)O)c3ccc4cc(=O)ccc4c3oc2c1. The second-order valence-corrected chi connectivity index (χ2v) is 8.25. The topological polar surface area (TPSA) is 108 Å². The second kappa shape index (κ2) is 7.74. The third-order valence-corrected chi connectivity index (χ3v) is 5.94. The number of rotatable bonds is 4. The highest BCUT2D eigenvalue weighted by molar-refractivity contribution is 6.17. The summed E-state index contributed by atoms with van der Waals surface area (Å²) >= 11 is 0. The number of anilines is 1. The summed E-state index contributed by atoms with van der Waals surface area (Å²) in [6, 6.07) is 18.0. The van der Waals surface area contributed by atoms with Crippen LogP contribution < -0.4 is 10.3 Å². The Kier molecular flexibility index (Phi) is 4.83. The largest absolute Gasteiger partial charge is 0.478 e. The average Bonchev–Trinajstić information content (AvgIpc) is 2.81. The van der Waals surface area contributed by atoms with Crippen molar-refractivity contribution in [3.8, 4) is 11.1 Å². The zero-order valence-corrected chi connectivity index (χ0v) is 18.3. The van der Waals surface area contributed by atoms with Gasteiger partial charge in [0.25, 0.3) is 0 Å². The highest BCUT2D eigenvalue weighted by Crippen LogP contribution is 2.41. The van der Waals surface area contributed by atoms with Gasteiger partial charge in [-0.05, 0) is 59.5 Å². The molecular weight excluding hydrogens is 434 g/mol. The maximum atomic E-state index is 12.2. The van der Waals surface area contributed by atoms with Crippen molar-refractivity contribution in [3.63, 3.8) is 0 Å². The van der Waals surface area contributed by atoms with E-state index < -0.39 is 11.9 Å². The van der Waals surface area contributed by atoms with Crippen LogP contribution in [-0.4, -0.2) is 36.2 Å². The van der Waals surface area contributed by atoms with E-state index >= 15 is 0 Å². The fraction of sp³-hybridized carbons (Fsp3) is 0.0741. The molecule has 34 heavy (non-hydrogen) atoms. The molecule has 0 bridgehead atoms. The van der Waals surface area contributed by atoms with Crippen LogP contribution in [0.25, 0.3) is 43.8 Å². The summed E-state index contributed by atoms with van der Waals surface area (Å²) in [5, 5.41) is 22.1. The molecular formula is C27H19NO6. The smallest absolute Gasteiger partial charge is 0.336 e.